The molecule has 1 saturated heterocycles. The van der Waals surface area contributed by atoms with Crippen LogP contribution in [0.25, 0.3) is 0 Å². The number of sulfone groups is 1. The summed E-state index contributed by atoms with van der Waals surface area (Å²) in [6.07, 6.45) is 1.15. The van der Waals surface area contributed by atoms with Crippen LogP contribution in [-0.2, 0) is 15.4 Å². The van der Waals surface area contributed by atoms with E-state index >= 15 is 0 Å². The Labute approximate surface area is 88.9 Å². The molecule has 1 aliphatic heterocycles. The van der Waals surface area contributed by atoms with Gasteiger partial charge in [-0.3, -0.25) is 0 Å². The lowest BCUT2D eigenvalue weighted by atomic mass is 9.88. The monoisotopic (exact) mass is 227 g/mol. The van der Waals surface area contributed by atoms with E-state index in [0.717, 1.165) is 6.26 Å². The molecule has 0 spiro atoms. The molecule has 0 aromatic heterocycles. The summed E-state index contributed by atoms with van der Waals surface area (Å²) >= 11 is 0. The van der Waals surface area contributed by atoms with Crippen LogP contribution in [0.3, 0.4) is 0 Å². The molecule has 0 unspecified atom stereocenters. The van der Waals surface area contributed by atoms with E-state index in [2.05, 4.69) is 5.32 Å². The number of β-amino-alcohol motifs (C(OH)–C–C–N with tert-alkyl or cyclic N) is 1. The number of aliphatic hydroxyl groups is 1. The third-order valence-electron chi connectivity index (χ3n) is 2.62. The molecule has 5 heteroatoms. The molecule has 1 heterocycles. The van der Waals surface area contributed by atoms with Crippen molar-refractivity contribution in [1.29, 1.82) is 0 Å². The Morgan fingerprint density at radius 2 is 1.93 bits per heavy atom. The average Bonchev–Trinajstić information content (AvgIpc) is 2.13. The number of hydrogen-bond donors (Lipinski definition) is 2. The van der Waals surface area contributed by atoms with Crippen LogP contribution in [0.2, 0.25) is 0 Å². The number of nitrogens with one attached hydrogen (secondary N) is 1. The highest BCUT2D eigenvalue weighted by Gasteiger charge is 2.39. The lowest BCUT2D eigenvalue weighted by Gasteiger charge is -2.38. The fourth-order valence-corrected chi connectivity index (χ4v) is 2.71. The fourth-order valence-electron chi connectivity index (χ4n) is 1.73. The summed E-state index contributed by atoms with van der Waals surface area (Å²) in [5.41, 5.74) is -0.536. The first-order valence-electron chi connectivity index (χ1n) is 4.66. The van der Waals surface area contributed by atoms with Crippen LogP contribution in [0.4, 0.5) is 0 Å². The molecule has 0 atom stereocenters. The van der Waals surface area contributed by atoms with E-state index in [1.165, 1.54) is 6.07 Å². The third-order valence-corrected chi connectivity index (χ3v) is 3.78. The van der Waals surface area contributed by atoms with E-state index in [1.54, 1.807) is 18.2 Å². The largest absolute Gasteiger partial charge is 0.382 e. The van der Waals surface area contributed by atoms with Crippen molar-refractivity contribution in [2.75, 3.05) is 19.3 Å². The van der Waals surface area contributed by atoms with Crippen LogP contribution in [0.1, 0.15) is 5.56 Å². The predicted molar refractivity (Wildman–Crippen MR) is 56.3 cm³/mol. The zero-order valence-electron chi connectivity index (χ0n) is 8.40. The van der Waals surface area contributed by atoms with Gasteiger partial charge in [0, 0.05) is 24.9 Å². The van der Waals surface area contributed by atoms with E-state index < -0.39 is 15.4 Å². The molecule has 2 N–H and O–H groups in total. The Balaban J connectivity index is 2.57. The van der Waals surface area contributed by atoms with Crippen LogP contribution in [-0.4, -0.2) is 32.9 Å². The number of rotatable bonds is 2. The summed E-state index contributed by atoms with van der Waals surface area (Å²) < 4.78 is 23.0. The van der Waals surface area contributed by atoms with Gasteiger partial charge in [0.15, 0.2) is 9.84 Å². The zero-order chi connectivity index (χ0) is 11.1. The molecule has 0 saturated carbocycles. The molecule has 1 aromatic rings. The second-order valence-electron chi connectivity index (χ2n) is 3.90. The maximum Gasteiger partial charge on any atom is 0.175 e. The van der Waals surface area contributed by atoms with Crippen molar-refractivity contribution in [3.63, 3.8) is 0 Å². The Bertz CT molecular complexity index is 477. The minimum absolute atomic E-state index is 0.217. The van der Waals surface area contributed by atoms with Crippen molar-refractivity contribution in [2.24, 2.45) is 0 Å². The Hall–Kier alpha value is -0.910. The van der Waals surface area contributed by atoms with Crippen LogP contribution < -0.4 is 5.32 Å². The van der Waals surface area contributed by atoms with Gasteiger partial charge in [-0.25, -0.2) is 8.42 Å². The van der Waals surface area contributed by atoms with Gasteiger partial charge in [-0.2, -0.15) is 0 Å². The van der Waals surface area contributed by atoms with E-state index in [0.29, 0.717) is 18.7 Å². The second-order valence-corrected chi connectivity index (χ2v) is 5.89. The summed E-state index contributed by atoms with van der Waals surface area (Å²) in [5, 5.41) is 13.0. The van der Waals surface area contributed by atoms with Gasteiger partial charge < -0.3 is 10.4 Å². The quantitative estimate of drug-likeness (QED) is 0.739. The minimum Gasteiger partial charge on any atom is -0.382 e. The molecular formula is C10H13NO3S. The summed E-state index contributed by atoms with van der Waals surface area (Å²) in [6.45, 7) is 0.805. The van der Waals surface area contributed by atoms with E-state index in [9.17, 15) is 13.5 Å². The Morgan fingerprint density at radius 3 is 2.40 bits per heavy atom. The van der Waals surface area contributed by atoms with Crippen LogP contribution in [0, 0.1) is 0 Å². The lowest BCUT2D eigenvalue weighted by Crippen LogP contribution is -2.57. The molecule has 2 rings (SSSR count). The van der Waals surface area contributed by atoms with Gasteiger partial charge in [-0.15, -0.1) is 0 Å². The first-order chi connectivity index (χ1) is 6.93. The summed E-state index contributed by atoms with van der Waals surface area (Å²) in [6, 6.07) is 6.59. The third kappa shape index (κ3) is 1.78. The van der Waals surface area contributed by atoms with Crippen molar-refractivity contribution in [2.45, 2.75) is 10.5 Å². The maximum absolute atomic E-state index is 11.5. The van der Waals surface area contributed by atoms with Crippen LogP contribution >= 0.6 is 0 Å². The fraction of sp³-hybridized carbons (Fsp3) is 0.400. The summed E-state index contributed by atoms with van der Waals surface area (Å²) in [5.74, 6) is 0. The van der Waals surface area contributed by atoms with Gasteiger partial charge in [0.25, 0.3) is 0 Å². The summed E-state index contributed by atoms with van der Waals surface area (Å²) in [7, 11) is -3.28. The van der Waals surface area contributed by atoms with E-state index in [1.807, 2.05) is 0 Å². The van der Waals surface area contributed by atoms with Gasteiger partial charge >= 0.3 is 0 Å². The van der Waals surface area contributed by atoms with Gasteiger partial charge in [0.05, 0.1) is 4.90 Å². The van der Waals surface area contributed by atoms with Gasteiger partial charge in [0.2, 0.25) is 0 Å². The molecule has 0 amide bonds. The Morgan fingerprint density at radius 1 is 1.33 bits per heavy atom. The van der Waals surface area contributed by atoms with Crippen molar-refractivity contribution in [1.82, 2.24) is 5.32 Å². The topological polar surface area (TPSA) is 66.4 Å². The molecule has 0 radical (unpaired) electrons. The minimum atomic E-state index is -3.28. The first kappa shape index (κ1) is 10.6. The molecule has 82 valence electrons. The van der Waals surface area contributed by atoms with E-state index in [-0.39, 0.29) is 4.90 Å². The molecule has 15 heavy (non-hydrogen) atoms. The molecule has 0 aliphatic carbocycles. The molecule has 0 bridgehead atoms. The second kappa shape index (κ2) is 3.30. The highest BCUT2D eigenvalue weighted by Crippen LogP contribution is 2.30. The molecule has 1 aliphatic rings. The van der Waals surface area contributed by atoms with Crippen molar-refractivity contribution in [3.8, 4) is 0 Å². The van der Waals surface area contributed by atoms with Crippen molar-refractivity contribution < 1.29 is 13.5 Å². The van der Waals surface area contributed by atoms with Gasteiger partial charge in [-0.05, 0) is 6.07 Å². The number of hydrogen-bond acceptors (Lipinski definition) is 4. The zero-order valence-corrected chi connectivity index (χ0v) is 9.21. The molecule has 4 nitrogen and oxygen atoms in total. The maximum atomic E-state index is 11.5. The first-order valence-corrected chi connectivity index (χ1v) is 6.55. The highest BCUT2D eigenvalue weighted by molar-refractivity contribution is 7.90. The molecular weight excluding hydrogens is 214 g/mol. The van der Waals surface area contributed by atoms with Crippen LogP contribution in [0.15, 0.2) is 29.2 Å². The lowest BCUT2D eigenvalue weighted by molar-refractivity contribution is -0.0171. The SMILES string of the molecule is CS(=O)(=O)c1ccccc1C1(O)CNC1. The normalized spacial score (nSPS) is 19.6. The van der Waals surface area contributed by atoms with Crippen molar-refractivity contribution >= 4 is 9.84 Å². The van der Waals surface area contributed by atoms with Gasteiger partial charge in [-0.1, -0.05) is 18.2 Å². The van der Waals surface area contributed by atoms with Crippen molar-refractivity contribution in [3.05, 3.63) is 29.8 Å². The average molecular weight is 227 g/mol. The van der Waals surface area contributed by atoms with Crippen LogP contribution in [0.5, 0.6) is 0 Å². The number of benzene rings is 1. The summed E-state index contributed by atoms with van der Waals surface area (Å²) in [4.78, 5) is 0.217. The van der Waals surface area contributed by atoms with Gasteiger partial charge in [0.1, 0.15) is 5.60 Å². The van der Waals surface area contributed by atoms with E-state index in [4.69, 9.17) is 0 Å². The molecule has 1 aromatic carbocycles. The smallest absolute Gasteiger partial charge is 0.175 e. The predicted octanol–water partition coefficient (Wildman–Crippen LogP) is -0.119. The Kier molecular flexibility index (Phi) is 2.33. The highest BCUT2D eigenvalue weighted by atomic mass is 32.2. The standard InChI is InChI=1S/C10H13NO3S/c1-15(13,14)9-5-3-2-4-8(9)10(12)6-11-7-10/h2-5,11-12H,6-7H2,1H3. The molecule has 1 fully saturated rings.